The molecule has 108 valence electrons. The number of hydrogen-bond donors (Lipinski definition) is 1. The third kappa shape index (κ3) is 3.17. The summed E-state index contributed by atoms with van der Waals surface area (Å²) in [6.45, 7) is 6.14. The predicted octanol–water partition coefficient (Wildman–Crippen LogP) is 5.70. The molecule has 0 radical (unpaired) electrons. The van der Waals surface area contributed by atoms with E-state index in [1.54, 1.807) is 22.7 Å². The first kappa shape index (κ1) is 14.7. The summed E-state index contributed by atoms with van der Waals surface area (Å²) in [7, 11) is 0. The Balaban J connectivity index is 1.87. The minimum absolute atomic E-state index is 0.904. The van der Waals surface area contributed by atoms with Crippen molar-refractivity contribution in [2.45, 2.75) is 20.8 Å². The van der Waals surface area contributed by atoms with E-state index in [0.29, 0.717) is 0 Å². The van der Waals surface area contributed by atoms with Gasteiger partial charge in [-0.25, -0.2) is 9.97 Å². The van der Waals surface area contributed by atoms with Crippen LogP contribution in [0.1, 0.15) is 16.3 Å². The summed E-state index contributed by atoms with van der Waals surface area (Å²) in [5, 5.41) is 7.45. The number of anilines is 2. The van der Waals surface area contributed by atoms with Crippen LogP contribution >= 0.6 is 38.6 Å². The van der Waals surface area contributed by atoms with Gasteiger partial charge in [0.2, 0.25) is 0 Å². The first-order chi connectivity index (χ1) is 10.0. The van der Waals surface area contributed by atoms with E-state index < -0.39 is 0 Å². The fourth-order valence-corrected chi connectivity index (χ4v) is 4.23. The van der Waals surface area contributed by atoms with Crippen LogP contribution in [0.2, 0.25) is 0 Å². The summed E-state index contributed by atoms with van der Waals surface area (Å²) in [5.74, 6) is 0. The van der Waals surface area contributed by atoms with Crippen molar-refractivity contribution >= 4 is 49.4 Å². The Morgan fingerprint density at radius 1 is 1.14 bits per heavy atom. The fourth-order valence-electron chi connectivity index (χ4n) is 2.09. The van der Waals surface area contributed by atoms with E-state index in [2.05, 4.69) is 55.7 Å². The van der Waals surface area contributed by atoms with Gasteiger partial charge < -0.3 is 5.32 Å². The number of rotatable bonds is 3. The highest BCUT2D eigenvalue weighted by molar-refractivity contribution is 9.10. The lowest BCUT2D eigenvalue weighted by atomic mass is 10.2. The average Bonchev–Trinajstić information content (AvgIpc) is 2.99. The first-order valence-electron chi connectivity index (χ1n) is 6.46. The second-order valence-electron chi connectivity index (χ2n) is 4.77. The van der Waals surface area contributed by atoms with Gasteiger partial charge in [-0.3, -0.25) is 0 Å². The topological polar surface area (TPSA) is 37.8 Å². The normalized spacial score (nSPS) is 10.9. The molecule has 0 saturated carbocycles. The zero-order valence-electron chi connectivity index (χ0n) is 11.9. The number of aromatic nitrogens is 2. The summed E-state index contributed by atoms with van der Waals surface area (Å²) in [6.07, 6.45) is 0. The van der Waals surface area contributed by atoms with Gasteiger partial charge in [0.25, 0.3) is 0 Å². The van der Waals surface area contributed by atoms with Crippen molar-refractivity contribution in [2.75, 3.05) is 5.32 Å². The summed E-state index contributed by atoms with van der Waals surface area (Å²) in [6, 6.07) is 6.18. The minimum atomic E-state index is 0.904. The summed E-state index contributed by atoms with van der Waals surface area (Å²) < 4.78 is 1.08. The number of thiazole rings is 2. The maximum Gasteiger partial charge on any atom is 0.187 e. The van der Waals surface area contributed by atoms with Crippen molar-refractivity contribution in [3.8, 4) is 10.6 Å². The van der Waals surface area contributed by atoms with Gasteiger partial charge in [0, 0.05) is 15.5 Å². The number of hydrogen-bond acceptors (Lipinski definition) is 5. The zero-order chi connectivity index (χ0) is 15.0. The lowest BCUT2D eigenvalue weighted by Gasteiger charge is -2.06. The molecule has 3 aromatic rings. The number of halogens is 1. The molecule has 0 atom stereocenters. The van der Waals surface area contributed by atoms with Crippen LogP contribution in [0.25, 0.3) is 10.6 Å². The van der Waals surface area contributed by atoms with Crippen LogP contribution in [0.5, 0.6) is 0 Å². The van der Waals surface area contributed by atoms with Crippen molar-refractivity contribution in [3.05, 3.63) is 44.3 Å². The SMILES string of the molecule is Cc1nc(C)c(-c2csc(Nc3ccc(Br)cc3C)n2)s1. The quantitative estimate of drug-likeness (QED) is 0.634. The molecule has 2 aromatic heterocycles. The van der Waals surface area contributed by atoms with Crippen LogP contribution in [0.15, 0.2) is 28.1 Å². The maximum atomic E-state index is 4.68. The van der Waals surface area contributed by atoms with E-state index >= 15 is 0 Å². The van der Waals surface area contributed by atoms with Crippen LogP contribution in [0.4, 0.5) is 10.8 Å². The molecule has 0 fully saturated rings. The van der Waals surface area contributed by atoms with Crippen LogP contribution < -0.4 is 5.32 Å². The summed E-state index contributed by atoms with van der Waals surface area (Å²) >= 11 is 6.79. The number of benzene rings is 1. The Hall–Kier alpha value is -1.24. The van der Waals surface area contributed by atoms with Crippen LogP contribution in [0, 0.1) is 20.8 Å². The molecule has 3 nitrogen and oxygen atoms in total. The summed E-state index contributed by atoms with van der Waals surface area (Å²) in [5.41, 5.74) is 4.32. The first-order valence-corrected chi connectivity index (χ1v) is 8.95. The Morgan fingerprint density at radius 3 is 2.62 bits per heavy atom. The van der Waals surface area contributed by atoms with Crippen molar-refractivity contribution in [2.24, 2.45) is 0 Å². The fraction of sp³-hybridized carbons (Fsp3) is 0.200. The van der Waals surface area contributed by atoms with Gasteiger partial charge in [0.05, 0.1) is 21.3 Å². The lowest BCUT2D eigenvalue weighted by molar-refractivity contribution is 1.20. The van der Waals surface area contributed by atoms with Crippen molar-refractivity contribution in [1.82, 2.24) is 9.97 Å². The average molecular weight is 380 g/mol. The standard InChI is InChI=1S/C15H14BrN3S2/c1-8-6-11(16)4-5-12(8)18-15-19-13(7-20-15)14-9(2)17-10(3)21-14/h4-7H,1-3H3,(H,18,19). The number of aryl methyl sites for hydroxylation is 3. The molecule has 0 saturated heterocycles. The Morgan fingerprint density at radius 2 is 1.95 bits per heavy atom. The minimum Gasteiger partial charge on any atom is -0.331 e. The molecule has 0 aliphatic heterocycles. The van der Waals surface area contributed by atoms with Crippen molar-refractivity contribution in [3.63, 3.8) is 0 Å². The Labute approximate surface area is 140 Å². The van der Waals surface area contributed by atoms with E-state index in [1.165, 1.54) is 5.56 Å². The molecule has 0 amide bonds. The molecule has 0 aliphatic carbocycles. The highest BCUT2D eigenvalue weighted by Crippen LogP contribution is 2.33. The van der Waals surface area contributed by atoms with E-state index in [0.717, 1.165) is 36.6 Å². The van der Waals surface area contributed by atoms with Gasteiger partial charge in [-0.1, -0.05) is 15.9 Å². The molecule has 1 N–H and O–H groups in total. The van der Waals surface area contributed by atoms with Gasteiger partial charge in [-0.15, -0.1) is 22.7 Å². The molecule has 0 spiro atoms. The molecule has 0 bridgehead atoms. The molecule has 2 heterocycles. The maximum absolute atomic E-state index is 4.68. The highest BCUT2D eigenvalue weighted by atomic mass is 79.9. The van der Waals surface area contributed by atoms with Gasteiger partial charge in [0.15, 0.2) is 5.13 Å². The molecule has 1 aromatic carbocycles. The van der Waals surface area contributed by atoms with Crippen LogP contribution in [0.3, 0.4) is 0 Å². The Kier molecular flexibility index (Phi) is 4.10. The zero-order valence-corrected chi connectivity index (χ0v) is 15.1. The third-order valence-electron chi connectivity index (χ3n) is 3.07. The molecular weight excluding hydrogens is 366 g/mol. The molecule has 6 heteroatoms. The van der Waals surface area contributed by atoms with E-state index in [1.807, 2.05) is 19.9 Å². The van der Waals surface area contributed by atoms with Gasteiger partial charge in [-0.2, -0.15) is 0 Å². The highest BCUT2D eigenvalue weighted by Gasteiger charge is 2.12. The van der Waals surface area contributed by atoms with E-state index in [-0.39, 0.29) is 0 Å². The second kappa shape index (κ2) is 5.87. The van der Waals surface area contributed by atoms with Crippen LogP contribution in [-0.4, -0.2) is 9.97 Å². The third-order valence-corrected chi connectivity index (χ3v) is 5.42. The van der Waals surface area contributed by atoms with Crippen LogP contribution in [-0.2, 0) is 0 Å². The molecule has 21 heavy (non-hydrogen) atoms. The number of nitrogens with zero attached hydrogens (tertiary/aromatic N) is 2. The number of nitrogens with one attached hydrogen (secondary N) is 1. The summed E-state index contributed by atoms with van der Waals surface area (Å²) in [4.78, 5) is 10.3. The van der Waals surface area contributed by atoms with Gasteiger partial charge in [0.1, 0.15) is 0 Å². The van der Waals surface area contributed by atoms with E-state index in [9.17, 15) is 0 Å². The molecular formula is C15H14BrN3S2. The lowest BCUT2D eigenvalue weighted by Crippen LogP contribution is -1.92. The molecule has 0 unspecified atom stereocenters. The van der Waals surface area contributed by atoms with Gasteiger partial charge >= 0.3 is 0 Å². The molecule has 0 aliphatic rings. The largest absolute Gasteiger partial charge is 0.331 e. The molecule has 3 rings (SSSR count). The second-order valence-corrected chi connectivity index (χ2v) is 7.75. The predicted molar refractivity (Wildman–Crippen MR) is 94.9 cm³/mol. The Bertz CT molecular complexity index is 792. The van der Waals surface area contributed by atoms with Crippen molar-refractivity contribution in [1.29, 1.82) is 0 Å². The van der Waals surface area contributed by atoms with Crippen molar-refractivity contribution < 1.29 is 0 Å². The van der Waals surface area contributed by atoms with E-state index in [4.69, 9.17) is 0 Å². The smallest absolute Gasteiger partial charge is 0.187 e. The monoisotopic (exact) mass is 379 g/mol. The van der Waals surface area contributed by atoms with Gasteiger partial charge in [-0.05, 0) is 44.5 Å².